The van der Waals surface area contributed by atoms with Crippen LogP contribution in [0.3, 0.4) is 0 Å². The summed E-state index contributed by atoms with van der Waals surface area (Å²) in [5.74, 6) is -1.29. The number of fused-ring (bicyclic) bond motifs is 3. The summed E-state index contributed by atoms with van der Waals surface area (Å²) >= 11 is 0. The van der Waals surface area contributed by atoms with Gasteiger partial charge in [-0.2, -0.15) is 0 Å². The first-order valence-electron chi connectivity index (χ1n) is 8.79. The van der Waals surface area contributed by atoms with Gasteiger partial charge in [-0.15, -0.1) is 0 Å². The number of carboxylic acids is 1. The van der Waals surface area contributed by atoms with Gasteiger partial charge in [-0.3, -0.25) is 9.59 Å². The van der Waals surface area contributed by atoms with Crippen molar-refractivity contribution in [1.82, 2.24) is 9.88 Å². The van der Waals surface area contributed by atoms with E-state index >= 15 is 0 Å². The lowest BCUT2D eigenvalue weighted by atomic mass is 9.94. The second kappa shape index (κ2) is 5.96. The van der Waals surface area contributed by atoms with Crippen LogP contribution >= 0.6 is 0 Å². The SMILES string of the molecule is O=C(O)C1CCCN(C(=O)c2ccc3[nH]c4c(c3c2)CCCC4)C1. The lowest BCUT2D eigenvalue weighted by Gasteiger charge is -2.30. The molecule has 0 radical (unpaired) electrons. The Balaban J connectivity index is 1.63. The number of hydrogen-bond donors (Lipinski definition) is 2. The van der Waals surface area contributed by atoms with Gasteiger partial charge in [-0.05, 0) is 62.3 Å². The second-order valence-corrected chi connectivity index (χ2v) is 6.98. The van der Waals surface area contributed by atoms with E-state index in [1.807, 2.05) is 18.2 Å². The van der Waals surface area contributed by atoms with E-state index in [9.17, 15) is 14.7 Å². The lowest BCUT2D eigenvalue weighted by molar-refractivity contribution is -0.143. The summed E-state index contributed by atoms with van der Waals surface area (Å²) in [4.78, 5) is 29.2. The lowest BCUT2D eigenvalue weighted by Crippen LogP contribution is -2.42. The minimum atomic E-state index is -0.803. The predicted octanol–water partition coefficient (Wildman–Crippen LogP) is 2.98. The highest BCUT2D eigenvalue weighted by molar-refractivity contribution is 5.99. The van der Waals surface area contributed by atoms with E-state index in [1.165, 1.54) is 24.1 Å². The monoisotopic (exact) mass is 326 g/mol. The maximum atomic E-state index is 12.8. The largest absolute Gasteiger partial charge is 0.481 e. The molecule has 24 heavy (non-hydrogen) atoms. The number of H-pyrrole nitrogens is 1. The summed E-state index contributed by atoms with van der Waals surface area (Å²) < 4.78 is 0. The number of aromatic amines is 1. The summed E-state index contributed by atoms with van der Waals surface area (Å²) in [6.07, 6.45) is 5.98. The number of piperidine rings is 1. The number of carbonyl (C=O) groups excluding carboxylic acids is 1. The fourth-order valence-electron chi connectivity index (χ4n) is 4.08. The van der Waals surface area contributed by atoms with Gasteiger partial charge in [0.2, 0.25) is 0 Å². The Morgan fingerprint density at radius 1 is 1.17 bits per heavy atom. The first-order chi connectivity index (χ1) is 11.6. The molecular formula is C19H22N2O3. The molecule has 1 amide bonds. The van der Waals surface area contributed by atoms with Gasteiger partial charge in [0.25, 0.3) is 5.91 Å². The van der Waals surface area contributed by atoms with Crippen molar-refractivity contribution in [2.75, 3.05) is 13.1 Å². The molecule has 1 aliphatic carbocycles. The number of aryl methyl sites for hydroxylation is 2. The number of nitrogens with zero attached hydrogens (tertiary/aromatic N) is 1. The Labute approximate surface area is 140 Å². The maximum Gasteiger partial charge on any atom is 0.308 e. The van der Waals surface area contributed by atoms with Crippen LogP contribution in [0.4, 0.5) is 0 Å². The van der Waals surface area contributed by atoms with Gasteiger partial charge < -0.3 is 15.0 Å². The molecule has 2 N–H and O–H groups in total. The highest BCUT2D eigenvalue weighted by Crippen LogP contribution is 2.30. The number of likely N-dealkylation sites (tertiary alicyclic amines) is 1. The Bertz CT molecular complexity index is 808. The molecule has 1 aromatic carbocycles. The fourth-order valence-corrected chi connectivity index (χ4v) is 4.08. The molecule has 2 aliphatic rings. The molecule has 4 rings (SSSR count). The molecule has 5 nitrogen and oxygen atoms in total. The standard InChI is InChI=1S/C19H22N2O3/c22-18(21-9-3-4-13(11-21)19(23)24)12-7-8-17-15(10-12)14-5-1-2-6-16(14)20-17/h7-8,10,13,20H,1-6,9,11H2,(H,23,24). The predicted molar refractivity (Wildman–Crippen MR) is 91.2 cm³/mol. The van der Waals surface area contributed by atoms with Crippen LogP contribution in [0.5, 0.6) is 0 Å². The normalized spacial score (nSPS) is 20.8. The van der Waals surface area contributed by atoms with Crippen LogP contribution in [0.1, 0.15) is 47.3 Å². The number of rotatable bonds is 2. The van der Waals surface area contributed by atoms with Gasteiger partial charge in [0.1, 0.15) is 0 Å². The summed E-state index contributed by atoms with van der Waals surface area (Å²) in [6, 6.07) is 5.83. The number of aliphatic carboxylic acids is 1. The number of carboxylic acid groups (broad SMARTS) is 1. The van der Waals surface area contributed by atoms with Crippen LogP contribution < -0.4 is 0 Å². The number of amides is 1. The molecule has 0 bridgehead atoms. The van der Waals surface area contributed by atoms with Gasteiger partial charge in [-0.25, -0.2) is 0 Å². The fraction of sp³-hybridized carbons (Fsp3) is 0.474. The number of nitrogens with one attached hydrogen (secondary N) is 1. The minimum Gasteiger partial charge on any atom is -0.481 e. The van der Waals surface area contributed by atoms with E-state index in [-0.39, 0.29) is 5.91 Å². The van der Waals surface area contributed by atoms with Crippen molar-refractivity contribution in [2.45, 2.75) is 38.5 Å². The third-order valence-electron chi connectivity index (χ3n) is 5.40. The van der Waals surface area contributed by atoms with Crippen LogP contribution in [0.25, 0.3) is 10.9 Å². The third-order valence-corrected chi connectivity index (χ3v) is 5.40. The van der Waals surface area contributed by atoms with Gasteiger partial charge in [0.05, 0.1) is 5.92 Å². The smallest absolute Gasteiger partial charge is 0.308 e. The van der Waals surface area contributed by atoms with E-state index in [4.69, 9.17) is 0 Å². The molecule has 5 heteroatoms. The minimum absolute atomic E-state index is 0.0476. The Morgan fingerprint density at radius 3 is 2.83 bits per heavy atom. The molecule has 1 atom stereocenters. The van der Waals surface area contributed by atoms with Crippen LogP contribution in [-0.2, 0) is 17.6 Å². The van der Waals surface area contributed by atoms with Crippen molar-refractivity contribution < 1.29 is 14.7 Å². The van der Waals surface area contributed by atoms with E-state index in [2.05, 4.69) is 4.98 Å². The van der Waals surface area contributed by atoms with Crippen LogP contribution in [0.2, 0.25) is 0 Å². The summed E-state index contributed by atoms with van der Waals surface area (Å²) in [7, 11) is 0. The topological polar surface area (TPSA) is 73.4 Å². The van der Waals surface area contributed by atoms with Crippen molar-refractivity contribution in [3.63, 3.8) is 0 Å². The van der Waals surface area contributed by atoms with Crippen LogP contribution in [-0.4, -0.2) is 40.0 Å². The zero-order chi connectivity index (χ0) is 16.7. The quantitative estimate of drug-likeness (QED) is 0.891. The highest BCUT2D eigenvalue weighted by atomic mass is 16.4. The zero-order valence-electron chi connectivity index (χ0n) is 13.7. The van der Waals surface area contributed by atoms with Gasteiger partial charge in [0.15, 0.2) is 0 Å². The molecule has 2 aromatic rings. The summed E-state index contributed by atoms with van der Waals surface area (Å²) in [5, 5.41) is 10.4. The molecule has 1 aromatic heterocycles. The number of carbonyl (C=O) groups is 2. The highest BCUT2D eigenvalue weighted by Gasteiger charge is 2.29. The summed E-state index contributed by atoms with van der Waals surface area (Å²) in [6.45, 7) is 0.962. The Kier molecular flexibility index (Phi) is 3.79. The molecule has 0 saturated carbocycles. The van der Waals surface area contributed by atoms with E-state index in [1.54, 1.807) is 4.90 Å². The van der Waals surface area contributed by atoms with Crippen molar-refractivity contribution in [2.24, 2.45) is 5.92 Å². The van der Waals surface area contributed by atoms with Crippen molar-refractivity contribution in [1.29, 1.82) is 0 Å². The number of hydrogen-bond acceptors (Lipinski definition) is 2. The number of benzene rings is 1. The van der Waals surface area contributed by atoms with E-state index < -0.39 is 11.9 Å². The van der Waals surface area contributed by atoms with E-state index in [0.29, 0.717) is 25.1 Å². The molecule has 1 saturated heterocycles. The Hall–Kier alpha value is -2.30. The number of aromatic nitrogens is 1. The van der Waals surface area contributed by atoms with Crippen molar-refractivity contribution >= 4 is 22.8 Å². The van der Waals surface area contributed by atoms with Gasteiger partial charge in [0, 0.05) is 35.2 Å². The average Bonchev–Trinajstić information content (AvgIpc) is 2.99. The molecule has 1 unspecified atom stereocenters. The first kappa shape index (κ1) is 15.2. The Morgan fingerprint density at radius 2 is 2.00 bits per heavy atom. The van der Waals surface area contributed by atoms with Crippen LogP contribution in [0, 0.1) is 5.92 Å². The first-order valence-corrected chi connectivity index (χ1v) is 8.79. The molecule has 0 spiro atoms. The zero-order valence-corrected chi connectivity index (χ0v) is 13.7. The van der Waals surface area contributed by atoms with Crippen molar-refractivity contribution in [3.8, 4) is 0 Å². The van der Waals surface area contributed by atoms with Crippen LogP contribution in [0.15, 0.2) is 18.2 Å². The molecule has 1 fully saturated rings. The van der Waals surface area contributed by atoms with Gasteiger partial charge in [-0.1, -0.05) is 0 Å². The molecule has 2 heterocycles. The molecule has 1 aliphatic heterocycles. The average molecular weight is 326 g/mol. The molecule has 126 valence electrons. The third kappa shape index (κ3) is 2.58. The maximum absolute atomic E-state index is 12.8. The van der Waals surface area contributed by atoms with E-state index in [0.717, 1.165) is 30.2 Å². The van der Waals surface area contributed by atoms with Crippen molar-refractivity contribution in [3.05, 3.63) is 35.0 Å². The molecular weight excluding hydrogens is 304 g/mol. The second-order valence-electron chi connectivity index (χ2n) is 6.98. The summed E-state index contributed by atoms with van der Waals surface area (Å²) in [5.41, 5.74) is 4.43. The van der Waals surface area contributed by atoms with Gasteiger partial charge >= 0.3 is 5.97 Å².